The molecule has 1 aliphatic rings. The second-order valence-electron chi connectivity index (χ2n) is 5.25. The van der Waals surface area contributed by atoms with Crippen molar-refractivity contribution in [2.75, 3.05) is 6.61 Å². The Morgan fingerprint density at radius 2 is 2.32 bits per heavy atom. The third-order valence-corrected chi connectivity index (χ3v) is 3.97. The van der Waals surface area contributed by atoms with Crippen molar-refractivity contribution in [3.8, 4) is 11.8 Å². The van der Waals surface area contributed by atoms with Crippen molar-refractivity contribution in [2.24, 2.45) is 5.92 Å². The molecule has 0 unspecified atom stereocenters. The van der Waals surface area contributed by atoms with Gasteiger partial charge in [0.25, 0.3) is 0 Å². The topological polar surface area (TPSA) is 44.1 Å². The third kappa shape index (κ3) is 3.49. The number of ether oxygens (including phenoxy) is 1. The molecular formula is C17H15ClN2O2. The Balaban J connectivity index is 1.43. The van der Waals surface area contributed by atoms with Gasteiger partial charge in [0.15, 0.2) is 6.61 Å². The summed E-state index contributed by atoms with van der Waals surface area (Å²) in [5, 5.41) is 0.642. The van der Waals surface area contributed by atoms with E-state index in [4.69, 9.17) is 16.3 Å². The summed E-state index contributed by atoms with van der Waals surface area (Å²) in [6.07, 6.45) is 7.05. The lowest BCUT2D eigenvalue weighted by Crippen LogP contribution is -2.33. The van der Waals surface area contributed by atoms with Crippen LogP contribution in [-0.2, 0) is 9.53 Å². The monoisotopic (exact) mass is 314 g/mol. The number of carbonyl (C=O) groups is 1. The molecule has 5 heteroatoms. The number of nitrogens with zero attached hydrogens (tertiary/aromatic N) is 2. The largest absolute Gasteiger partial charge is 0.452 e. The molecule has 22 heavy (non-hydrogen) atoms. The van der Waals surface area contributed by atoms with Crippen molar-refractivity contribution in [3.05, 3.63) is 53.6 Å². The summed E-state index contributed by atoms with van der Waals surface area (Å²) in [6, 6.07) is 7.63. The fourth-order valence-corrected chi connectivity index (χ4v) is 2.63. The summed E-state index contributed by atoms with van der Waals surface area (Å²) in [7, 11) is 0. The Morgan fingerprint density at radius 1 is 1.45 bits per heavy atom. The van der Waals surface area contributed by atoms with Crippen LogP contribution in [0.25, 0.3) is 0 Å². The number of halogens is 1. The number of hydrogen-bond acceptors (Lipinski definition) is 3. The normalized spacial score (nSPS) is 19.7. The van der Waals surface area contributed by atoms with Crippen LogP contribution < -0.4 is 0 Å². The van der Waals surface area contributed by atoms with Crippen LogP contribution in [0.4, 0.5) is 0 Å². The van der Waals surface area contributed by atoms with Crippen molar-refractivity contribution >= 4 is 17.6 Å². The molecule has 3 rings (SSSR count). The number of hydrogen-bond donors (Lipinski definition) is 0. The van der Waals surface area contributed by atoms with Gasteiger partial charge in [-0.3, -0.25) is 4.79 Å². The molecule has 0 atom stereocenters. The average molecular weight is 315 g/mol. The Hall–Kier alpha value is -2.25. The Morgan fingerprint density at radius 3 is 3.05 bits per heavy atom. The third-order valence-electron chi connectivity index (χ3n) is 3.74. The van der Waals surface area contributed by atoms with E-state index in [1.54, 1.807) is 24.7 Å². The molecule has 1 aromatic carbocycles. The van der Waals surface area contributed by atoms with Gasteiger partial charge in [-0.1, -0.05) is 29.5 Å². The van der Waals surface area contributed by atoms with Crippen molar-refractivity contribution in [1.82, 2.24) is 9.55 Å². The molecule has 1 aromatic heterocycles. The first-order valence-electron chi connectivity index (χ1n) is 7.11. The van der Waals surface area contributed by atoms with Crippen LogP contribution in [-0.4, -0.2) is 22.1 Å². The van der Waals surface area contributed by atoms with Crippen molar-refractivity contribution in [1.29, 1.82) is 0 Å². The maximum atomic E-state index is 11.9. The first-order chi connectivity index (χ1) is 10.7. The van der Waals surface area contributed by atoms with E-state index in [-0.39, 0.29) is 18.5 Å². The zero-order valence-corrected chi connectivity index (χ0v) is 12.7. The van der Waals surface area contributed by atoms with Crippen molar-refractivity contribution in [2.45, 2.75) is 18.9 Å². The number of rotatable bonds is 3. The summed E-state index contributed by atoms with van der Waals surface area (Å²) in [5.41, 5.74) is 0.812. The fourth-order valence-electron chi connectivity index (χ4n) is 2.44. The van der Waals surface area contributed by atoms with E-state index in [0.29, 0.717) is 11.1 Å². The van der Waals surface area contributed by atoms with Gasteiger partial charge in [-0.25, -0.2) is 4.98 Å². The van der Waals surface area contributed by atoms with E-state index in [1.807, 2.05) is 22.9 Å². The van der Waals surface area contributed by atoms with Crippen LogP contribution in [0.3, 0.4) is 0 Å². The quantitative estimate of drug-likeness (QED) is 0.646. The molecule has 0 bridgehead atoms. The first-order valence-corrected chi connectivity index (χ1v) is 7.48. The first kappa shape index (κ1) is 14.7. The average Bonchev–Trinajstić information content (AvgIpc) is 2.96. The molecule has 112 valence electrons. The summed E-state index contributed by atoms with van der Waals surface area (Å²) in [5.74, 6) is 5.56. The number of carbonyl (C=O) groups excluding carboxylic acids is 1. The second kappa shape index (κ2) is 6.67. The van der Waals surface area contributed by atoms with E-state index in [9.17, 15) is 4.79 Å². The number of esters is 1. The van der Waals surface area contributed by atoms with Gasteiger partial charge >= 0.3 is 5.97 Å². The molecule has 1 aliphatic carbocycles. The SMILES string of the molecule is O=C(OCC#Cc1cccc(Cl)c1)C1CC(n2ccnc2)C1. The highest BCUT2D eigenvalue weighted by molar-refractivity contribution is 6.30. The maximum absolute atomic E-state index is 11.9. The minimum Gasteiger partial charge on any atom is -0.452 e. The van der Waals surface area contributed by atoms with E-state index >= 15 is 0 Å². The molecule has 0 spiro atoms. The predicted molar refractivity (Wildman–Crippen MR) is 83.3 cm³/mol. The van der Waals surface area contributed by atoms with Gasteiger partial charge in [0, 0.05) is 29.0 Å². The zero-order chi connectivity index (χ0) is 15.4. The van der Waals surface area contributed by atoms with E-state index in [0.717, 1.165) is 18.4 Å². The van der Waals surface area contributed by atoms with Gasteiger partial charge < -0.3 is 9.30 Å². The van der Waals surface area contributed by atoms with Crippen LogP contribution in [0.2, 0.25) is 5.02 Å². The number of benzene rings is 1. The van der Waals surface area contributed by atoms with Gasteiger partial charge in [-0.15, -0.1) is 0 Å². The van der Waals surface area contributed by atoms with Crippen LogP contribution >= 0.6 is 11.6 Å². The lowest BCUT2D eigenvalue weighted by Gasteiger charge is -2.34. The standard InChI is InChI=1S/C17H15ClN2O2/c18-15-5-1-3-13(9-15)4-2-8-22-17(21)14-10-16(11-14)20-7-6-19-12-20/h1,3,5-7,9,12,14,16H,8,10-11H2. The second-order valence-corrected chi connectivity index (χ2v) is 5.69. The van der Waals surface area contributed by atoms with Gasteiger partial charge in [0.2, 0.25) is 0 Å². The van der Waals surface area contributed by atoms with Gasteiger partial charge in [-0.05, 0) is 31.0 Å². The van der Waals surface area contributed by atoms with Crippen LogP contribution in [0.15, 0.2) is 43.0 Å². The zero-order valence-electron chi connectivity index (χ0n) is 11.9. The smallest absolute Gasteiger partial charge is 0.310 e. The molecule has 0 radical (unpaired) electrons. The van der Waals surface area contributed by atoms with Crippen molar-refractivity contribution < 1.29 is 9.53 Å². The highest BCUT2D eigenvalue weighted by Gasteiger charge is 2.36. The molecule has 1 fully saturated rings. The van der Waals surface area contributed by atoms with E-state index < -0.39 is 0 Å². The van der Waals surface area contributed by atoms with Crippen LogP contribution in [0.1, 0.15) is 24.4 Å². The lowest BCUT2D eigenvalue weighted by molar-refractivity contribution is -0.151. The van der Waals surface area contributed by atoms with Crippen LogP contribution in [0, 0.1) is 17.8 Å². The molecule has 4 nitrogen and oxygen atoms in total. The number of imidazole rings is 1. The fraction of sp³-hybridized carbons (Fsp3) is 0.294. The molecule has 0 saturated heterocycles. The summed E-state index contributed by atoms with van der Waals surface area (Å²) in [6.45, 7) is 0.109. The Labute approximate surface area is 134 Å². The molecule has 0 N–H and O–H groups in total. The molecule has 2 aromatic rings. The van der Waals surface area contributed by atoms with Gasteiger partial charge in [0.1, 0.15) is 0 Å². The van der Waals surface area contributed by atoms with Crippen LogP contribution in [0.5, 0.6) is 0 Å². The minimum atomic E-state index is -0.170. The summed E-state index contributed by atoms with van der Waals surface area (Å²) >= 11 is 5.87. The maximum Gasteiger partial charge on any atom is 0.310 e. The Bertz CT molecular complexity index is 710. The minimum absolute atomic E-state index is 0.0274. The predicted octanol–water partition coefficient (Wildman–Crippen LogP) is 3.08. The highest BCUT2D eigenvalue weighted by atomic mass is 35.5. The van der Waals surface area contributed by atoms with Crippen molar-refractivity contribution in [3.63, 3.8) is 0 Å². The number of aromatic nitrogens is 2. The Kier molecular flexibility index (Phi) is 4.45. The lowest BCUT2D eigenvalue weighted by atomic mass is 9.80. The van der Waals surface area contributed by atoms with Gasteiger partial charge in [-0.2, -0.15) is 0 Å². The molecule has 0 aliphatic heterocycles. The molecule has 1 heterocycles. The molecule has 1 saturated carbocycles. The summed E-state index contributed by atoms with van der Waals surface area (Å²) in [4.78, 5) is 15.9. The molecular weight excluding hydrogens is 300 g/mol. The highest BCUT2D eigenvalue weighted by Crippen LogP contribution is 2.38. The van der Waals surface area contributed by atoms with Gasteiger partial charge in [0.05, 0.1) is 12.2 Å². The summed E-state index contributed by atoms with van der Waals surface area (Å²) < 4.78 is 7.22. The van der Waals surface area contributed by atoms with E-state index in [2.05, 4.69) is 16.8 Å². The molecule has 0 amide bonds. The van der Waals surface area contributed by atoms with E-state index in [1.165, 1.54) is 0 Å².